The van der Waals surface area contributed by atoms with Gasteiger partial charge in [0.15, 0.2) is 17.5 Å². The number of rotatable bonds is 7. The van der Waals surface area contributed by atoms with Gasteiger partial charge in [-0.3, -0.25) is 4.79 Å². The van der Waals surface area contributed by atoms with Crippen LogP contribution in [0.4, 0.5) is 11.6 Å². The first kappa shape index (κ1) is 22.2. The number of aryl methyl sites for hydroxylation is 1. The Kier molecular flexibility index (Phi) is 5.94. The van der Waals surface area contributed by atoms with Gasteiger partial charge < -0.3 is 26.0 Å². The van der Waals surface area contributed by atoms with Crippen molar-refractivity contribution in [2.45, 2.75) is 13.5 Å². The molecule has 33 heavy (non-hydrogen) atoms. The zero-order valence-corrected chi connectivity index (χ0v) is 18.4. The number of nitrogens with zero attached hydrogens (tertiary/aromatic N) is 6. The molecule has 0 saturated carbocycles. The van der Waals surface area contributed by atoms with Crippen LogP contribution in [0, 0.1) is 6.92 Å². The smallest absolute Gasteiger partial charge is 0.423 e. The zero-order chi connectivity index (χ0) is 23.7. The largest absolute Gasteiger partial charge is 0.488 e. The number of carbonyl (C=O) groups excluding carboxylic acids is 1. The Morgan fingerprint density at radius 3 is 2.64 bits per heavy atom. The van der Waals surface area contributed by atoms with E-state index in [0.29, 0.717) is 46.2 Å². The van der Waals surface area contributed by atoms with Crippen LogP contribution in [-0.4, -0.2) is 62.0 Å². The van der Waals surface area contributed by atoms with Gasteiger partial charge in [0, 0.05) is 20.6 Å². The number of primary amides is 1. The molecule has 1 aromatic carbocycles. The molecular weight excluding hydrogens is 423 g/mol. The lowest BCUT2D eigenvalue weighted by Gasteiger charge is -2.16. The van der Waals surface area contributed by atoms with Crippen LogP contribution >= 0.6 is 0 Å². The highest BCUT2D eigenvalue weighted by molar-refractivity contribution is 6.58. The predicted molar refractivity (Wildman–Crippen MR) is 125 cm³/mol. The summed E-state index contributed by atoms with van der Waals surface area (Å²) in [6, 6.07) is 12.1. The molecular formula is C21H23BN8O3. The fourth-order valence-corrected chi connectivity index (χ4v) is 3.54. The Morgan fingerprint density at radius 2 is 1.94 bits per heavy atom. The summed E-state index contributed by atoms with van der Waals surface area (Å²) in [5, 5.41) is 35.2. The number of amides is 1. The molecule has 11 nitrogen and oxygen atoms in total. The van der Waals surface area contributed by atoms with Crippen molar-refractivity contribution in [2.75, 3.05) is 24.3 Å². The molecule has 0 aliphatic carbocycles. The summed E-state index contributed by atoms with van der Waals surface area (Å²) in [5.41, 5.74) is 8.88. The Bertz CT molecular complexity index is 1340. The number of carbonyl (C=O) groups is 1. The molecule has 4 aromatic rings. The molecule has 3 heterocycles. The summed E-state index contributed by atoms with van der Waals surface area (Å²) < 4.78 is 1.48. The minimum Gasteiger partial charge on any atom is -0.423 e. The highest BCUT2D eigenvalue weighted by atomic mass is 16.4. The van der Waals surface area contributed by atoms with Gasteiger partial charge in [-0.05, 0) is 30.1 Å². The molecule has 0 bridgehead atoms. The number of fused-ring (bicyclic) bond motifs is 1. The van der Waals surface area contributed by atoms with E-state index in [4.69, 9.17) is 10.7 Å². The second kappa shape index (κ2) is 8.84. The van der Waals surface area contributed by atoms with Gasteiger partial charge in [0.1, 0.15) is 5.69 Å². The highest BCUT2D eigenvalue weighted by Gasteiger charge is 2.20. The number of hydrogen-bond acceptors (Lipinski definition) is 9. The molecule has 1 amide bonds. The van der Waals surface area contributed by atoms with E-state index in [9.17, 15) is 14.8 Å². The maximum atomic E-state index is 11.8. The summed E-state index contributed by atoms with van der Waals surface area (Å²) in [5.74, 6) is 0.778. The van der Waals surface area contributed by atoms with Crippen LogP contribution in [-0.2, 0) is 6.54 Å². The van der Waals surface area contributed by atoms with Crippen LogP contribution in [0.2, 0.25) is 0 Å². The van der Waals surface area contributed by atoms with Gasteiger partial charge in [-0.2, -0.15) is 5.10 Å². The van der Waals surface area contributed by atoms with Gasteiger partial charge >= 0.3 is 7.12 Å². The zero-order valence-electron chi connectivity index (χ0n) is 18.4. The summed E-state index contributed by atoms with van der Waals surface area (Å²) in [7, 11) is 2.12. The van der Waals surface area contributed by atoms with Gasteiger partial charge in [-0.25, -0.2) is 9.50 Å². The van der Waals surface area contributed by atoms with Crippen LogP contribution in [0.3, 0.4) is 0 Å². The van der Waals surface area contributed by atoms with E-state index in [1.54, 1.807) is 42.2 Å². The lowest BCUT2D eigenvalue weighted by Crippen LogP contribution is -2.30. The Labute approximate surface area is 190 Å². The third-order valence-corrected chi connectivity index (χ3v) is 5.11. The summed E-state index contributed by atoms with van der Waals surface area (Å²) in [6.45, 7) is 2.17. The molecule has 0 spiro atoms. The molecule has 0 atom stereocenters. The highest BCUT2D eigenvalue weighted by Crippen LogP contribution is 2.29. The van der Waals surface area contributed by atoms with Crippen molar-refractivity contribution in [3.8, 4) is 11.4 Å². The maximum Gasteiger partial charge on any atom is 0.488 e. The number of anilines is 2. The third-order valence-electron chi connectivity index (χ3n) is 5.11. The number of nitrogens with one attached hydrogen (secondary N) is 1. The fourth-order valence-electron chi connectivity index (χ4n) is 3.54. The maximum absolute atomic E-state index is 11.8. The average Bonchev–Trinajstić information content (AvgIpc) is 3.13. The van der Waals surface area contributed by atoms with Gasteiger partial charge in [0.05, 0.1) is 16.8 Å². The van der Waals surface area contributed by atoms with E-state index in [-0.39, 0.29) is 5.69 Å². The van der Waals surface area contributed by atoms with Crippen LogP contribution in [0.15, 0.2) is 42.5 Å². The minimum absolute atomic E-state index is 0.254. The molecule has 4 rings (SSSR count). The number of pyridine rings is 1. The second-order valence-corrected chi connectivity index (χ2v) is 7.71. The first-order valence-electron chi connectivity index (χ1n) is 10.2. The lowest BCUT2D eigenvalue weighted by molar-refractivity contribution is 0.0993. The van der Waals surface area contributed by atoms with E-state index in [1.807, 2.05) is 26.2 Å². The predicted octanol–water partition coefficient (Wildman–Crippen LogP) is -0.0485. The molecule has 0 unspecified atom stereocenters. The van der Waals surface area contributed by atoms with Gasteiger partial charge in [0.2, 0.25) is 0 Å². The van der Waals surface area contributed by atoms with E-state index < -0.39 is 13.0 Å². The second-order valence-electron chi connectivity index (χ2n) is 7.71. The molecule has 0 radical (unpaired) electrons. The number of benzene rings is 1. The lowest BCUT2D eigenvalue weighted by atomic mass is 9.80. The van der Waals surface area contributed by atoms with Crippen LogP contribution in [0.5, 0.6) is 0 Å². The first-order valence-corrected chi connectivity index (χ1v) is 10.2. The summed E-state index contributed by atoms with van der Waals surface area (Å²) in [6.07, 6.45) is 0. The number of hydrogen-bond donors (Lipinski definition) is 4. The molecule has 0 saturated heterocycles. The average molecular weight is 446 g/mol. The van der Waals surface area contributed by atoms with Gasteiger partial charge in [-0.1, -0.05) is 30.3 Å². The molecule has 3 aromatic heterocycles. The van der Waals surface area contributed by atoms with Crippen molar-refractivity contribution >= 4 is 35.6 Å². The monoisotopic (exact) mass is 446 g/mol. The quantitative estimate of drug-likeness (QED) is 0.286. The van der Waals surface area contributed by atoms with E-state index in [1.165, 1.54) is 4.52 Å². The molecule has 0 fully saturated rings. The van der Waals surface area contributed by atoms with E-state index in [2.05, 4.69) is 20.6 Å². The number of nitrogens with two attached hydrogens (primary N) is 1. The molecule has 168 valence electrons. The number of aromatic nitrogens is 5. The SMILES string of the molecule is Cc1nn2c(C(N)=O)cccc2c1-c1nnc(N(C)C)c(NCc2cccc(B(O)O)c2)n1. The van der Waals surface area contributed by atoms with E-state index in [0.717, 1.165) is 5.56 Å². The van der Waals surface area contributed by atoms with Gasteiger partial charge in [-0.15, -0.1) is 10.2 Å². The van der Waals surface area contributed by atoms with Crippen molar-refractivity contribution < 1.29 is 14.8 Å². The Morgan fingerprint density at radius 1 is 1.18 bits per heavy atom. The van der Waals surface area contributed by atoms with Crippen molar-refractivity contribution in [3.05, 3.63) is 59.4 Å². The third kappa shape index (κ3) is 4.34. The minimum atomic E-state index is -1.54. The molecule has 12 heteroatoms. The van der Waals surface area contributed by atoms with Crippen LogP contribution in [0.25, 0.3) is 16.9 Å². The summed E-state index contributed by atoms with van der Waals surface area (Å²) >= 11 is 0. The molecule has 0 aliphatic heterocycles. The molecule has 0 aliphatic rings. The van der Waals surface area contributed by atoms with Crippen molar-refractivity contribution in [1.29, 1.82) is 0 Å². The van der Waals surface area contributed by atoms with Crippen LogP contribution < -0.4 is 21.4 Å². The van der Waals surface area contributed by atoms with Crippen LogP contribution in [0.1, 0.15) is 21.7 Å². The Hall–Kier alpha value is -4.03. The van der Waals surface area contributed by atoms with E-state index >= 15 is 0 Å². The van der Waals surface area contributed by atoms with Crippen molar-refractivity contribution in [1.82, 2.24) is 24.8 Å². The van der Waals surface area contributed by atoms with Crippen molar-refractivity contribution in [2.24, 2.45) is 5.73 Å². The first-order chi connectivity index (χ1) is 15.8. The summed E-state index contributed by atoms with van der Waals surface area (Å²) in [4.78, 5) is 18.3. The fraction of sp³-hybridized carbons (Fsp3) is 0.190. The normalized spacial score (nSPS) is 10.9. The molecule has 5 N–H and O–H groups in total. The topological polar surface area (TPSA) is 155 Å². The van der Waals surface area contributed by atoms with Gasteiger partial charge in [0.25, 0.3) is 5.91 Å². The standard InChI is InChI=1S/C21H23BN8O3/c1-12-17(15-8-5-9-16(18(23)31)30(15)28-12)19-25-20(21(27-26-19)29(2)3)24-11-13-6-4-7-14(10-13)22(32)33/h4-10,32-33H,11H2,1-3H3,(H2,23,31)(H,24,25,26). The Balaban J connectivity index is 1.74. The van der Waals surface area contributed by atoms with Crippen molar-refractivity contribution in [3.63, 3.8) is 0 Å².